The molecule has 0 aromatic heterocycles. The summed E-state index contributed by atoms with van der Waals surface area (Å²) in [6.45, 7) is 4.34. The molecule has 0 bridgehead atoms. The van der Waals surface area contributed by atoms with Gasteiger partial charge in [0, 0.05) is 5.02 Å². The maximum Gasteiger partial charge on any atom is 0.0587 e. The van der Waals surface area contributed by atoms with Gasteiger partial charge in [-0.15, -0.1) is 11.6 Å². The maximum absolute atomic E-state index is 6.21. The van der Waals surface area contributed by atoms with Crippen molar-refractivity contribution < 1.29 is 0 Å². The molecule has 0 nitrogen and oxygen atoms in total. The molecule has 0 saturated heterocycles. The lowest BCUT2D eigenvalue weighted by Gasteiger charge is -2.11. The number of benzene rings is 1. The molecule has 0 spiro atoms. The van der Waals surface area contributed by atoms with Gasteiger partial charge in [0.1, 0.15) is 0 Å². The highest BCUT2D eigenvalue weighted by molar-refractivity contribution is 6.30. The van der Waals surface area contributed by atoms with Crippen molar-refractivity contribution in [2.24, 2.45) is 5.92 Å². The highest BCUT2D eigenvalue weighted by Crippen LogP contribution is 2.28. The first-order valence-electron chi connectivity index (χ1n) is 4.49. The molecule has 0 heterocycles. The van der Waals surface area contributed by atoms with Gasteiger partial charge >= 0.3 is 0 Å². The van der Waals surface area contributed by atoms with Crippen molar-refractivity contribution in [1.82, 2.24) is 0 Å². The molecule has 1 unspecified atom stereocenters. The number of rotatable bonds is 3. The predicted octanol–water partition coefficient (Wildman–Crippen LogP) is 4.67. The van der Waals surface area contributed by atoms with E-state index in [1.807, 2.05) is 24.3 Å². The standard InChI is InChI=1S/C11H14Cl2/c1-8(2)7-11(13)9-3-5-10(12)6-4-9/h3-6,8,11H,7H2,1-2H3. The highest BCUT2D eigenvalue weighted by Gasteiger charge is 2.09. The van der Waals surface area contributed by atoms with Gasteiger partial charge in [-0.1, -0.05) is 37.6 Å². The largest absolute Gasteiger partial charge is 0.118 e. The number of halogens is 2. The van der Waals surface area contributed by atoms with Gasteiger partial charge in [-0.3, -0.25) is 0 Å². The van der Waals surface area contributed by atoms with Gasteiger partial charge in [-0.2, -0.15) is 0 Å². The zero-order valence-corrected chi connectivity index (χ0v) is 9.44. The molecule has 1 atom stereocenters. The molecule has 2 heteroatoms. The zero-order valence-electron chi connectivity index (χ0n) is 7.93. The first-order valence-corrected chi connectivity index (χ1v) is 5.30. The number of alkyl halides is 1. The van der Waals surface area contributed by atoms with Crippen molar-refractivity contribution in [3.05, 3.63) is 34.9 Å². The molecule has 72 valence electrons. The Kier molecular flexibility index (Phi) is 4.08. The summed E-state index contributed by atoms with van der Waals surface area (Å²) in [7, 11) is 0. The van der Waals surface area contributed by atoms with Crippen LogP contribution in [0.5, 0.6) is 0 Å². The van der Waals surface area contributed by atoms with Crippen LogP contribution in [0, 0.1) is 5.92 Å². The van der Waals surface area contributed by atoms with E-state index < -0.39 is 0 Å². The Morgan fingerprint density at radius 2 is 1.69 bits per heavy atom. The average molecular weight is 217 g/mol. The molecule has 0 fully saturated rings. The van der Waals surface area contributed by atoms with E-state index in [1.165, 1.54) is 0 Å². The SMILES string of the molecule is CC(C)CC(Cl)c1ccc(Cl)cc1. The third kappa shape index (κ3) is 3.58. The zero-order chi connectivity index (χ0) is 9.84. The first-order chi connectivity index (χ1) is 6.09. The van der Waals surface area contributed by atoms with Crippen molar-refractivity contribution in [2.75, 3.05) is 0 Å². The minimum absolute atomic E-state index is 0.109. The second-order valence-corrected chi connectivity index (χ2v) is 4.61. The van der Waals surface area contributed by atoms with Crippen molar-refractivity contribution in [3.8, 4) is 0 Å². The van der Waals surface area contributed by atoms with Gasteiger partial charge in [0.25, 0.3) is 0 Å². The van der Waals surface area contributed by atoms with Crippen LogP contribution in [0.1, 0.15) is 31.2 Å². The molecule has 13 heavy (non-hydrogen) atoms. The molecule has 0 amide bonds. The molecule has 1 rings (SSSR count). The lowest BCUT2D eigenvalue weighted by Crippen LogP contribution is -1.95. The first kappa shape index (κ1) is 10.9. The van der Waals surface area contributed by atoms with Crippen LogP contribution in [0.3, 0.4) is 0 Å². The summed E-state index contributed by atoms with van der Waals surface area (Å²) < 4.78 is 0. The molecular formula is C11H14Cl2. The van der Waals surface area contributed by atoms with E-state index in [4.69, 9.17) is 23.2 Å². The summed E-state index contributed by atoms with van der Waals surface area (Å²) in [5.41, 5.74) is 1.15. The molecule has 1 aromatic carbocycles. The van der Waals surface area contributed by atoms with E-state index in [0.717, 1.165) is 17.0 Å². The van der Waals surface area contributed by atoms with Gasteiger partial charge < -0.3 is 0 Å². The van der Waals surface area contributed by atoms with Gasteiger partial charge in [0.15, 0.2) is 0 Å². The fourth-order valence-corrected chi connectivity index (χ4v) is 1.85. The number of hydrogen-bond donors (Lipinski definition) is 0. The fraction of sp³-hybridized carbons (Fsp3) is 0.455. The van der Waals surface area contributed by atoms with Gasteiger partial charge in [-0.25, -0.2) is 0 Å². The molecule has 0 radical (unpaired) electrons. The monoisotopic (exact) mass is 216 g/mol. The third-order valence-corrected chi connectivity index (χ3v) is 2.59. The molecule has 0 N–H and O–H groups in total. The summed E-state index contributed by atoms with van der Waals surface area (Å²) in [6.07, 6.45) is 1.00. The minimum Gasteiger partial charge on any atom is -0.118 e. The van der Waals surface area contributed by atoms with Crippen LogP contribution in [-0.2, 0) is 0 Å². The second kappa shape index (κ2) is 4.88. The normalized spacial score (nSPS) is 13.3. The predicted molar refractivity (Wildman–Crippen MR) is 59.5 cm³/mol. The summed E-state index contributed by atoms with van der Waals surface area (Å²) in [5, 5.41) is 0.870. The average Bonchev–Trinajstić information content (AvgIpc) is 2.04. The molecule has 0 aliphatic rings. The van der Waals surface area contributed by atoms with E-state index in [1.54, 1.807) is 0 Å². The Morgan fingerprint density at radius 1 is 1.15 bits per heavy atom. The van der Waals surface area contributed by atoms with Crippen LogP contribution in [0.4, 0.5) is 0 Å². The maximum atomic E-state index is 6.21. The van der Waals surface area contributed by atoms with Crippen LogP contribution in [0.15, 0.2) is 24.3 Å². The summed E-state index contributed by atoms with van der Waals surface area (Å²) in [4.78, 5) is 0. The summed E-state index contributed by atoms with van der Waals surface area (Å²) >= 11 is 12.0. The van der Waals surface area contributed by atoms with E-state index in [2.05, 4.69) is 13.8 Å². The molecule has 0 aliphatic heterocycles. The lowest BCUT2D eigenvalue weighted by molar-refractivity contribution is 0.575. The van der Waals surface area contributed by atoms with Gasteiger partial charge in [0.05, 0.1) is 5.38 Å². The second-order valence-electron chi connectivity index (χ2n) is 3.65. The molecular weight excluding hydrogens is 203 g/mol. The highest BCUT2D eigenvalue weighted by atomic mass is 35.5. The fourth-order valence-electron chi connectivity index (χ4n) is 1.22. The summed E-state index contributed by atoms with van der Waals surface area (Å²) in [5.74, 6) is 0.623. The van der Waals surface area contributed by atoms with Crippen LogP contribution in [-0.4, -0.2) is 0 Å². The van der Waals surface area contributed by atoms with Crippen LogP contribution in [0.2, 0.25) is 5.02 Å². The topological polar surface area (TPSA) is 0 Å². The number of hydrogen-bond acceptors (Lipinski definition) is 0. The van der Waals surface area contributed by atoms with E-state index in [-0.39, 0.29) is 5.38 Å². The van der Waals surface area contributed by atoms with Crippen molar-refractivity contribution in [3.63, 3.8) is 0 Å². The van der Waals surface area contributed by atoms with Crippen molar-refractivity contribution in [2.45, 2.75) is 25.6 Å². The lowest BCUT2D eigenvalue weighted by atomic mass is 10.0. The Hall–Kier alpha value is -0.200. The smallest absolute Gasteiger partial charge is 0.0587 e. The van der Waals surface area contributed by atoms with E-state index in [0.29, 0.717) is 5.92 Å². The minimum atomic E-state index is 0.109. The van der Waals surface area contributed by atoms with E-state index >= 15 is 0 Å². The van der Waals surface area contributed by atoms with Crippen molar-refractivity contribution in [1.29, 1.82) is 0 Å². The Balaban J connectivity index is 2.66. The molecule has 0 saturated carbocycles. The molecule has 0 aliphatic carbocycles. The quantitative estimate of drug-likeness (QED) is 0.645. The van der Waals surface area contributed by atoms with Crippen LogP contribution < -0.4 is 0 Å². The van der Waals surface area contributed by atoms with Crippen molar-refractivity contribution >= 4 is 23.2 Å². The Morgan fingerprint density at radius 3 is 2.15 bits per heavy atom. The van der Waals surface area contributed by atoms with Gasteiger partial charge in [-0.05, 0) is 30.0 Å². The van der Waals surface area contributed by atoms with E-state index in [9.17, 15) is 0 Å². The third-order valence-electron chi connectivity index (χ3n) is 1.91. The summed E-state index contributed by atoms with van der Waals surface area (Å²) in [6, 6.07) is 7.74. The Labute approximate surface area is 89.9 Å². The Bertz CT molecular complexity index is 251. The molecule has 1 aromatic rings. The van der Waals surface area contributed by atoms with Crippen LogP contribution >= 0.6 is 23.2 Å². The van der Waals surface area contributed by atoms with Crippen LogP contribution in [0.25, 0.3) is 0 Å². The van der Waals surface area contributed by atoms with Gasteiger partial charge in [0.2, 0.25) is 0 Å².